The van der Waals surface area contributed by atoms with Crippen LogP contribution in [0.4, 0.5) is 5.69 Å². The van der Waals surface area contributed by atoms with E-state index in [4.69, 9.17) is 0 Å². The lowest BCUT2D eigenvalue weighted by Crippen LogP contribution is -2.33. The molecule has 0 aliphatic carbocycles. The highest BCUT2D eigenvalue weighted by Crippen LogP contribution is 2.09. The predicted octanol–water partition coefficient (Wildman–Crippen LogP) is 1.26. The van der Waals surface area contributed by atoms with E-state index in [0.29, 0.717) is 19.6 Å². The summed E-state index contributed by atoms with van der Waals surface area (Å²) in [6, 6.07) is 7.52. The largest absolute Gasteiger partial charge is 0.355 e. The van der Waals surface area contributed by atoms with Crippen molar-refractivity contribution in [2.24, 2.45) is 0 Å². The number of carbonyl (C=O) groups excluding carboxylic acids is 2. The van der Waals surface area contributed by atoms with Crippen LogP contribution < -0.4 is 16.0 Å². The smallest absolute Gasteiger partial charge is 0.233 e. The molecule has 0 aliphatic heterocycles. The molecule has 1 rings (SSSR count). The van der Waals surface area contributed by atoms with Crippen LogP contribution in [0, 0.1) is 0 Å². The van der Waals surface area contributed by atoms with Crippen molar-refractivity contribution in [3.8, 4) is 0 Å². The van der Waals surface area contributed by atoms with E-state index in [-0.39, 0.29) is 11.8 Å². The minimum absolute atomic E-state index is 0.0108. The molecule has 0 radical (unpaired) electrons. The molecule has 3 N–H and O–H groups in total. The normalized spacial score (nSPS) is 10.0. The van der Waals surface area contributed by atoms with Gasteiger partial charge in [0.1, 0.15) is 0 Å². The highest BCUT2D eigenvalue weighted by Gasteiger charge is 2.00. The second-order valence-corrected chi connectivity index (χ2v) is 4.33. The van der Waals surface area contributed by atoms with Gasteiger partial charge in [0.25, 0.3) is 0 Å². The third-order valence-electron chi connectivity index (χ3n) is 2.46. The zero-order valence-electron chi connectivity index (χ0n) is 11.5. The lowest BCUT2D eigenvalue weighted by Gasteiger charge is -2.07. The number of hydrogen-bond acceptors (Lipinski definition) is 3. The van der Waals surface area contributed by atoms with Gasteiger partial charge in [-0.1, -0.05) is 19.1 Å². The summed E-state index contributed by atoms with van der Waals surface area (Å²) in [6.45, 7) is 5.15. The van der Waals surface area contributed by atoms with Gasteiger partial charge >= 0.3 is 0 Å². The maximum absolute atomic E-state index is 11.3. The molecule has 19 heavy (non-hydrogen) atoms. The first-order chi connectivity index (χ1) is 9.11. The zero-order valence-corrected chi connectivity index (χ0v) is 11.5. The molecular weight excluding hydrogens is 242 g/mol. The van der Waals surface area contributed by atoms with Gasteiger partial charge in [-0.2, -0.15) is 0 Å². The standard InChI is InChI=1S/C14H21N3O2/c1-3-8-16-14(19)10-15-9-12-4-6-13(7-5-12)17-11(2)18/h4-7,15H,3,8-10H2,1-2H3,(H,16,19)(H,17,18). The van der Waals surface area contributed by atoms with Gasteiger partial charge in [-0.25, -0.2) is 0 Å². The van der Waals surface area contributed by atoms with Crippen molar-refractivity contribution in [1.82, 2.24) is 10.6 Å². The van der Waals surface area contributed by atoms with Gasteiger partial charge in [0.2, 0.25) is 11.8 Å². The van der Waals surface area contributed by atoms with E-state index < -0.39 is 0 Å². The van der Waals surface area contributed by atoms with Gasteiger partial charge in [0.15, 0.2) is 0 Å². The van der Waals surface area contributed by atoms with Gasteiger partial charge in [-0.3, -0.25) is 9.59 Å². The predicted molar refractivity (Wildman–Crippen MR) is 75.8 cm³/mol. The first-order valence-electron chi connectivity index (χ1n) is 6.45. The van der Waals surface area contributed by atoms with Crippen LogP contribution >= 0.6 is 0 Å². The molecule has 2 amide bonds. The number of benzene rings is 1. The van der Waals surface area contributed by atoms with Crippen molar-refractivity contribution in [2.45, 2.75) is 26.8 Å². The molecule has 1 aromatic carbocycles. The molecular formula is C14H21N3O2. The second-order valence-electron chi connectivity index (χ2n) is 4.33. The molecule has 1 aromatic rings. The summed E-state index contributed by atoms with van der Waals surface area (Å²) >= 11 is 0. The molecule has 0 bridgehead atoms. The molecule has 0 saturated heterocycles. The van der Waals surface area contributed by atoms with Gasteiger partial charge in [0.05, 0.1) is 6.54 Å². The minimum atomic E-state index is -0.0847. The van der Waals surface area contributed by atoms with Crippen LogP contribution in [0.2, 0.25) is 0 Å². The van der Waals surface area contributed by atoms with E-state index in [0.717, 1.165) is 17.7 Å². The molecule has 0 fully saturated rings. The summed E-state index contributed by atoms with van der Waals surface area (Å²) < 4.78 is 0. The molecule has 0 aliphatic rings. The number of hydrogen-bond donors (Lipinski definition) is 3. The Morgan fingerprint density at radius 2 is 1.84 bits per heavy atom. The van der Waals surface area contributed by atoms with Crippen LogP contribution in [0.5, 0.6) is 0 Å². The Kier molecular flexibility index (Phi) is 6.60. The monoisotopic (exact) mass is 263 g/mol. The van der Waals surface area contributed by atoms with Crippen molar-refractivity contribution >= 4 is 17.5 Å². The molecule has 0 spiro atoms. The topological polar surface area (TPSA) is 70.2 Å². The maximum atomic E-state index is 11.3. The molecule has 0 saturated carbocycles. The second kappa shape index (κ2) is 8.26. The summed E-state index contributed by atoms with van der Waals surface area (Å²) in [4.78, 5) is 22.2. The summed E-state index contributed by atoms with van der Waals surface area (Å²) in [5.74, 6) is -0.0739. The van der Waals surface area contributed by atoms with E-state index in [1.165, 1.54) is 6.92 Å². The van der Waals surface area contributed by atoms with Gasteiger partial charge < -0.3 is 16.0 Å². The fourth-order valence-corrected chi connectivity index (χ4v) is 1.56. The average molecular weight is 263 g/mol. The van der Waals surface area contributed by atoms with E-state index in [2.05, 4.69) is 16.0 Å². The molecule has 5 nitrogen and oxygen atoms in total. The molecule has 0 aromatic heterocycles. The fourth-order valence-electron chi connectivity index (χ4n) is 1.56. The SMILES string of the molecule is CCCNC(=O)CNCc1ccc(NC(C)=O)cc1. The highest BCUT2D eigenvalue weighted by atomic mass is 16.2. The lowest BCUT2D eigenvalue weighted by molar-refractivity contribution is -0.120. The van der Waals surface area contributed by atoms with E-state index in [1.807, 2.05) is 31.2 Å². The maximum Gasteiger partial charge on any atom is 0.233 e. The van der Waals surface area contributed by atoms with E-state index in [1.54, 1.807) is 0 Å². The zero-order chi connectivity index (χ0) is 14.1. The van der Waals surface area contributed by atoms with Crippen LogP contribution in [0.3, 0.4) is 0 Å². The Balaban J connectivity index is 2.30. The Morgan fingerprint density at radius 1 is 1.16 bits per heavy atom. The molecule has 5 heteroatoms. The Hall–Kier alpha value is -1.88. The number of anilines is 1. The number of amides is 2. The summed E-state index contributed by atoms with van der Waals surface area (Å²) in [7, 11) is 0. The first-order valence-corrected chi connectivity index (χ1v) is 6.45. The van der Waals surface area contributed by atoms with Crippen molar-refractivity contribution in [2.75, 3.05) is 18.4 Å². The summed E-state index contributed by atoms with van der Waals surface area (Å²) in [5, 5.41) is 8.58. The highest BCUT2D eigenvalue weighted by molar-refractivity contribution is 5.88. The number of carbonyl (C=O) groups is 2. The van der Waals surface area contributed by atoms with Crippen molar-refractivity contribution in [1.29, 1.82) is 0 Å². The van der Waals surface area contributed by atoms with Crippen molar-refractivity contribution < 1.29 is 9.59 Å². The van der Waals surface area contributed by atoms with E-state index >= 15 is 0 Å². The quantitative estimate of drug-likeness (QED) is 0.693. The van der Waals surface area contributed by atoms with Crippen LogP contribution in [0.15, 0.2) is 24.3 Å². The number of nitrogens with one attached hydrogen (secondary N) is 3. The van der Waals surface area contributed by atoms with Crippen LogP contribution in [0.25, 0.3) is 0 Å². The molecule has 0 unspecified atom stereocenters. The third-order valence-corrected chi connectivity index (χ3v) is 2.46. The van der Waals surface area contributed by atoms with Crippen LogP contribution in [-0.4, -0.2) is 24.9 Å². The lowest BCUT2D eigenvalue weighted by atomic mass is 10.2. The third kappa shape index (κ3) is 6.57. The number of rotatable bonds is 7. The average Bonchev–Trinajstić information content (AvgIpc) is 2.38. The van der Waals surface area contributed by atoms with Gasteiger partial charge in [0, 0.05) is 25.7 Å². The Labute approximate surface area is 113 Å². The summed E-state index contributed by atoms with van der Waals surface area (Å²) in [6.07, 6.45) is 0.941. The first kappa shape index (κ1) is 15.2. The summed E-state index contributed by atoms with van der Waals surface area (Å²) in [5.41, 5.74) is 1.84. The van der Waals surface area contributed by atoms with Crippen molar-refractivity contribution in [3.63, 3.8) is 0 Å². The van der Waals surface area contributed by atoms with Crippen molar-refractivity contribution in [3.05, 3.63) is 29.8 Å². The van der Waals surface area contributed by atoms with Gasteiger partial charge in [-0.15, -0.1) is 0 Å². The van der Waals surface area contributed by atoms with Crippen LogP contribution in [0.1, 0.15) is 25.8 Å². The molecule has 0 heterocycles. The van der Waals surface area contributed by atoms with Crippen LogP contribution in [-0.2, 0) is 16.1 Å². The molecule has 0 atom stereocenters. The Morgan fingerprint density at radius 3 is 2.42 bits per heavy atom. The van der Waals surface area contributed by atoms with E-state index in [9.17, 15) is 9.59 Å². The van der Waals surface area contributed by atoms with Gasteiger partial charge in [-0.05, 0) is 24.1 Å². The molecule has 104 valence electrons. The minimum Gasteiger partial charge on any atom is -0.355 e. The Bertz CT molecular complexity index is 415. The fraction of sp³-hybridized carbons (Fsp3) is 0.429.